The van der Waals surface area contributed by atoms with Crippen LogP contribution >= 0.6 is 0 Å². The van der Waals surface area contributed by atoms with Crippen LogP contribution in [0.5, 0.6) is 0 Å². The number of anilines is 1. The summed E-state index contributed by atoms with van der Waals surface area (Å²) in [5.74, 6) is 0.859. The van der Waals surface area contributed by atoms with Crippen molar-refractivity contribution in [2.45, 2.75) is 51.6 Å². The Morgan fingerprint density at radius 3 is 2.44 bits per heavy atom. The van der Waals surface area contributed by atoms with Crippen LogP contribution in [0, 0.1) is 5.92 Å². The number of nitrogens with two attached hydrogens (primary N) is 1. The molecule has 0 radical (unpaired) electrons. The number of nitrogens with zero attached hydrogens (tertiary/aromatic N) is 1. The van der Waals surface area contributed by atoms with Crippen LogP contribution in [0.2, 0.25) is 0 Å². The Morgan fingerprint density at radius 1 is 1.17 bits per heavy atom. The highest BCUT2D eigenvalue weighted by Gasteiger charge is 2.27. The molecule has 18 heavy (non-hydrogen) atoms. The molecule has 2 rings (SSSR count). The lowest BCUT2D eigenvalue weighted by Gasteiger charge is -2.39. The van der Waals surface area contributed by atoms with E-state index in [1.54, 1.807) is 0 Å². The molecule has 0 aliphatic heterocycles. The summed E-state index contributed by atoms with van der Waals surface area (Å²) in [6.45, 7) is 2.96. The molecule has 0 spiro atoms. The van der Waals surface area contributed by atoms with Gasteiger partial charge in [-0.15, -0.1) is 0 Å². The third-order valence-corrected chi connectivity index (χ3v) is 4.47. The van der Waals surface area contributed by atoms with Gasteiger partial charge in [0.1, 0.15) is 0 Å². The van der Waals surface area contributed by atoms with Crippen LogP contribution < -0.4 is 10.6 Å². The minimum atomic E-state index is 0.630. The molecule has 1 saturated carbocycles. The Balaban J connectivity index is 2.10. The topological polar surface area (TPSA) is 29.3 Å². The molecule has 1 aliphatic carbocycles. The summed E-state index contributed by atoms with van der Waals surface area (Å²) in [6.07, 6.45) is 6.83. The zero-order valence-electron chi connectivity index (χ0n) is 11.7. The maximum Gasteiger partial charge on any atom is 0.0366 e. The summed E-state index contributed by atoms with van der Waals surface area (Å²) in [4.78, 5) is 2.48. The Hall–Kier alpha value is -1.02. The van der Waals surface area contributed by atoms with Crippen LogP contribution in [0.1, 0.15) is 44.6 Å². The van der Waals surface area contributed by atoms with Crippen LogP contribution in [0.3, 0.4) is 0 Å². The molecule has 0 aromatic heterocycles. The lowest BCUT2D eigenvalue weighted by Crippen LogP contribution is -2.39. The number of rotatable bonds is 4. The van der Waals surface area contributed by atoms with Crippen LogP contribution in [0.25, 0.3) is 0 Å². The number of hydrogen-bond acceptors (Lipinski definition) is 2. The maximum absolute atomic E-state index is 5.65. The molecule has 0 amide bonds. The fraction of sp³-hybridized carbons (Fsp3) is 0.625. The standard InChI is InChI=1S/C16H26N2/c1-3-14-6-4-5-7-16(14)18(2)15-10-8-13(12-17)9-11-15/h8-11,14,16H,3-7,12,17H2,1-2H3. The first-order chi connectivity index (χ1) is 8.76. The van der Waals surface area contributed by atoms with Crippen molar-refractivity contribution < 1.29 is 0 Å². The summed E-state index contributed by atoms with van der Waals surface area (Å²) in [5, 5.41) is 0. The third-order valence-electron chi connectivity index (χ3n) is 4.47. The van der Waals surface area contributed by atoms with E-state index in [4.69, 9.17) is 5.73 Å². The first kappa shape index (κ1) is 13.4. The summed E-state index contributed by atoms with van der Waals surface area (Å²) >= 11 is 0. The number of benzene rings is 1. The van der Waals surface area contributed by atoms with E-state index in [-0.39, 0.29) is 0 Å². The van der Waals surface area contributed by atoms with Gasteiger partial charge in [-0.3, -0.25) is 0 Å². The maximum atomic E-state index is 5.65. The van der Waals surface area contributed by atoms with Gasteiger partial charge in [-0.2, -0.15) is 0 Å². The molecule has 2 unspecified atom stereocenters. The van der Waals surface area contributed by atoms with Crippen molar-refractivity contribution in [2.24, 2.45) is 11.7 Å². The molecule has 0 saturated heterocycles. The van der Waals surface area contributed by atoms with Gasteiger partial charge < -0.3 is 10.6 Å². The summed E-state index contributed by atoms with van der Waals surface area (Å²) < 4.78 is 0. The van der Waals surface area contributed by atoms with Crippen molar-refractivity contribution in [2.75, 3.05) is 11.9 Å². The van der Waals surface area contributed by atoms with E-state index in [0.29, 0.717) is 12.6 Å². The largest absolute Gasteiger partial charge is 0.371 e. The molecule has 2 heteroatoms. The predicted octanol–water partition coefficient (Wildman–Crippen LogP) is 3.55. The number of hydrogen-bond donors (Lipinski definition) is 1. The van der Waals surface area contributed by atoms with Gasteiger partial charge in [0.15, 0.2) is 0 Å². The van der Waals surface area contributed by atoms with Crippen LogP contribution in [-0.4, -0.2) is 13.1 Å². The Labute approximate surface area is 111 Å². The first-order valence-corrected chi connectivity index (χ1v) is 7.28. The lowest BCUT2D eigenvalue weighted by atomic mass is 9.82. The summed E-state index contributed by atoms with van der Waals surface area (Å²) in [6, 6.07) is 9.44. The highest BCUT2D eigenvalue weighted by Crippen LogP contribution is 2.32. The summed E-state index contributed by atoms with van der Waals surface area (Å²) in [5.41, 5.74) is 8.19. The van der Waals surface area contributed by atoms with Gasteiger partial charge in [0.25, 0.3) is 0 Å². The minimum Gasteiger partial charge on any atom is -0.371 e. The van der Waals surface area contributed by atoms with Crippen molar-refractivity contribution in [3.05, 3.63) is 29.8 Å². The highest BCUT2D eigenvalue weighted by atomic mass is 15.1. The van der Waals surface area contributed by atoms with E-state index in [0.717, 1.165) is 5.92 Å². The zero-order chi connectivity index (χ0) is 13.0. The monoisotopic (exact) mass is 246 g/mol. The molecule has 0 heterocycles. The van der Waals surface area contributed by atoms with E-state index in [1.807, 2.05) is 0 Å². The molecular formula is C16H26N2. The lowest BCUT2D eigenvalue weighted by molar-refractivity contribution is 0.292. The smallest absolute Gasteiger partial charge is 0.0366 e. The van der Waals surface area contributed by atoms with Gasteiger partial charge in [0.2, 0.25) is 0 Å². The average Bonchev–Trinajstić information content (AvgIpc) is 2.46. The second-order valence-corrected chi connectivity index (χ2v) is 5.50. The second-order valence-electron chi connectivity index (χ2n) is 5.50. The molecule has 1 aromatic rings. The zero-order valence-corrected chi connectivity index (χ0v) is 11.7. The van der Waals surface area contributed by atoms with E-state index in [1.165, 1.54) is 43.4 Å². The Bertz CT molecular complexity index is 358. The fourth-order valence-corrected chi connectivity index (χ4v) is 3.23. The molecule has 1 fully saturated rings. The predicted molar refractivity (Wildman–Crippen MR) is 78.8 cm³/mol. The van der Waals surface area contributed by atoms with Gasteiger partial charge in [0, 0.05) is 25.3 Å². The Kier molecular flexibility index (Phi) is 4.65. The van der Waals surface area contributed by atoms with E-state index in [9.17, 15) is 0 Å². The van der Waals surface area contributed by atoms with Crippen molar-refractivity contribution in [1.29, 1.82) is 0 Å². The SMILES string of the molecule is CCC1CCCCC1N(C)c1ccc(CN)cc1. The quantitative estimate of drug-likeness (QED) is 0.880. The second kappa shape index (κ2) is 6.24. The summed E-state index contributed by atoms with van der Waals surface area (Å²) in [7, 11) is 2.25. The van der Waals surface area contributed by atoms with Crippen molar-refractivity contribution in [3.8, 4) is 0 Å². The highest BCUT2D eigenvalue weighted by molar-refractivity contribution is 5.48. The van der Waals surface area contributed by atoms with Crippen LogP contribution in [0.4, 0.5) is 5.69 Å². The molecular weight excluding hydrogens is 220 g/mol. The molecule has 100 valence electrons. The fourth-order valence-electron chi connectivity index (χ4n) is 3.23. The molecule has 2 nitrogen and oxygen atoms in total. The van der Waals surface area contributed by atoms with Crippen molar-refractivity contribution >= 4 is 5.69 Å². The molecule has 1 aromatic carbocycles. The first-order valence-electron chi connectivity index (χ1n) is 7.28. The molecule has 2 atom stereocenters. The van der Waals surface area contributed by atoms with Gasteiger partial charge in [0.05, 0.1) is 0 Å². The molecule has 0 bridgehead atoms. The van der Waals surface area contributed by atoms with Gasteiger partial charge in [-0.25, -0.2) is 0 Å². The molecule has 2 N–H and O–H groups in total. The Morgan fingerprint density at radius 2 is 1.83 bits per heavy atom. The average molecular weight is 246 g/mol. The van der Waals surface area contributed by atoms with E-state index < -0.39 is 0 Å². The van der Waals surface area contributed by atoms with Gasteiger partial charge >= 0.3 is 0 Å². The minimum absolute atomic E-state index is 0.630. The van der Waals surface area contributed by atoms with E-state index >= 15 is 0 Å². The van der Waals surface area contributed by atoms with E-state index in [2.05, 4.69) is 43.1 Å². The van der Waals surface area contributed by atoms with Crippen molar-refractivity contribution in [3.63, 3.8) is 0 Å². The van der Waals surface area contributed by atoms with Gasteiger partial charge in [-0.1, -0.05) is 38.3 Å². The molecule has 1 aliphatic rings. The van der Waals surface area contributed by atoms with Crippen molar-refractivity contribution in [1.82, 2.24) is 0 Å². The third kappa shape index (κ3) is 2.86. The van der Waals surface area contributed by atoms with Gasteiger partial charge in [-0.05, 0) is 36.5 Å². The van der Waals surface area contributed by atoms with Crippen LogP contribution in [0.15, 0.2) is 24.3 Å². The normalized spacial score (nSPS) is 23.9. The van der Waals surface area contributed by atoms with Crippen LogP contribution in [-0.2, 0) is 6.54 Å².